The van der Waals surface area contributed by atoms with Gasteiger partial charge in [0.15, 0.2) is 23.6 Å². The molecular formula is C21H10O8. The Bertz CT molecular complexity index is 1260. The summed E-state index contributed by atoms with van der Waals surface area (Å²) in [7, 11) is 0. The maximum absolute atomic E-state index is 13.1. The molecule has 1 fully saturated rings. The third-order valence-corrected chi connectivity index (χ3v) is 6.36. The first kappa shape index (κ1) is 15.4. The third-order valence-electron chi connectivity index (χ3n) is 6.36. The lowest BCUT2D eigenvalue weighted by atomic mass is 9.64. The maximum Gasteiger partial charge on any atom is 0.356 e. The number of ketones is 2. The van der Waals surface area contributed by atoms with Gasteiger partial charge in [-0.3, -0.25) is 14.4 Å². The molecule has 3 heterocycles. The van der Waals surface area contributed by atoms with Crippen LogP contribution in [0.15, 0.2) is 60.1 Å². The number of fused-ring (bicyclic) bond motifs is 1. The first-order valence-electron chi connectivity index (χ1n) is 8.94. The second-order valence-electron chi connectivity index (χ2n) is 7.60. The van der Waals surface area contributed by atoms with Crippen LogP contribution in [0.1, 0.15) is 0 Å². The van der Waals surface area contributed by atoms with Crippen molar-refractivity contribution in [3.63, 3.8) is 0 Å². The van der Waals surface area contributed by atoms with E-state index in [-0.39, 0.29) is 17.8 Å². The summed E-state index contributed by atoms with van der Waals surface area (Å²) in [5.74, 6) is -2.80. The van der Waals surface area contributed by atoms with Crippen LogP contribution >= 0.6 is 0 Å². The lowest BCUT2D eigenvalue weighted by molar-refractivity contribution is -0.165. The summed E-state index contributed by atoms with van der Waals surface area (Å²) in [4.78, 5) is 37.8. The zero-order valence-corrected chi connectivity index (χ0v) is 14.5. The van der Waals surface area contributed by atoms with Crippen molar-refractivity contribution in [2.75, 3.05) is 0 Å². The predicted molar refractivity (Wildman–Crippen MR) is 92.8 cm³/mol. The number of hydrogen-bond donors (Lipinski definition) is 1. The summed E-state index contributed by atoms with van der Waals surface area (Å²) in [6.07, 6.45) is 2.19. The molecule has 5 aliphatic rings. The van der Waals surface area contributed by atoms with Gasteiger partial charge in [0.1, 0.15) is 11.5 Å². The number of carbonyl (C=O) groups excluding carboxylic acids is 3. The fourth-order valence-electron chi connectivity index (χ4n) is 5.04. The Morgan fingerprint density at radius 3 is 2.10 bits per heavy atom. The number of aldehydes is 1. The average Bonchev–Trinajstić information content (AvgIpc) is 3.63. The molecule has 29 heavy (non-hydrogen) atoms. The number of rotatable bonds is 1. The van der Waals surface area contributed by atoms with Crippen LogP contribution in [-0.2, 0) is 23.9 Å². The van der Waals surface area contributed by atoms with E-state index in [2.05, 4.69) is 0 Å². The molecule has 3 atom stereocenters. The minimum absolute atomic E-state index is 0.0387. The predicted octanol–water partition coefficient (Wildman–Crippen LogP) is 0.708. The Balaban J connectivity index is 1.56. The summed E-state index contributed by atoms with van der Waals surface area (Å²) >= 11 is 0. The second-order valence-corrected chi connectivity index (χ2v) is 7.60. The Labute approximate surface area is 161 Å². The molecule has 2 aromatic rings. The van der Waals surface area contributed by atoms with Crippen LogP contribution in [0.25, 0.3) is 10.8 Å². The molecule has 2 aromatic carbocycles. The number of benzene rings is 2. The van der Waals surface area contributed by atoms with Crippen molar-refractivity contribution in [2.45, 2.75) is 22.6 Å². The Hall–Kier alpha value is -3.49. The van der Waals surface area contributed by atoms with E-state index in [0.717, 1.165) is 17.5 Å². The van der Waals surface area contributed by atoms with Gasteiger partial charge in [0.05, 0.1) is 5.39 Å². The molecule has 0 aromatic heterocycles. The summed E-state index contributed by atoms with van der Waals surface area (Å²) in [6, 6.07) is 10.7. The second kappa shape index (κ2) is 4.10. The van der Waals surface area contributed by atoms with Crippen LogP contribution in [0.4, 0.5) is 0 Å². The monoisotopic (exact) mass is 390 g/mol. The fourth-order valence-corrected chi connectivity index (χ4v) is 5.04. The normalized spacial score (nSPS) is 36.4. The van der Waals surface area contributed by atoms with Crippen molar-refractivity contribution in [3.8, 4) is 11.5 Å². The molecule has 1 saturated heterocycles. The van der Waals surface area contributed by atoms with Crippen molar-refractivity contribution >= 4 is 28.6 Å². The SMILES string of the molecule is O=CC1(O)C2=C(O2)C2(Oc3cccc4cccc(c34)O2)C23OC12C(=O)C=CC3=O. The quantitative estimate of drug-likeness (QED) is 0.559. The Morgan fingerprint density at radius 1 is 0.862 bits per heavy atom. The van der Waals surface area contributed by atoms with E-state index in [9.17, 15) is 19.5 Å². The van der Waals surface area contributed by atoms with Crippen LogP contribution in [0.5, 0.6) is 11.5 Å². The van der Waals surface area contributed by atoms with Crippen LogP contribution < -0.4 is 9.47 Å². The first-order chi connectivity index (χ1) is 14.0. The molecule has 1 spiro atoms. The standard InChI is InChI=1S/C21H10O8/c22-9-18(25)16-17(26-16)21(20-14(24)8-7-13(23)19(18,20)29-20)27-11-5-1-3-10-4-2-6-12(28-21)15(10)11/h1-9,25H. The average molecular weight is 390 g/mol. The molecule has 0 saturated carbocycles. The van der Waals surface area contributed by atoms with Crippen LogP contribution in [0, 0.1) is 0 Å². The maximum atomic E-state index is 13.1. The van der Waals surface area contributed by atoms with Crippen LogP contribution in [0.2, 0.25) is 0 Å². The third kappa shape index (κ3) is 1.25. The van der Waals surface area contributed by atoms with E-state index in [1.807, 2.05) is 12.1 Å². The number of epoxide rings is 1. The van der Waals surface area contributed by atoms with Gasteiger partial charge in [0.2, 0.25) is 17.0 Å². The molecule has 8 nitrogen and oxygen atoms in total. The highest BCUT2D eigenvalue weighted by Gasteiger charge is 3.02. The van der Waals surface area contributed by atoms with E-state index in [0.29, 0.717) is 16.9 Å². The molecule has 3 unspecified atom stereocenters. The molecule has 2 aliphatic carbocycles. The number of aliphatic hydroxyl groups is 1. The number of ether oxygens (including phenoxy) is 4. The molecule has 142 valence electrons. The van der Waals surface area contributed by atoms with Gasteiger partial charge in [-0.1, -0.05) is 24.3 Å². The molecule has 1 N–H and O–H groups in total. The topological polar surface area (TPSA) is 115 Å². The van der Waals surface area contributed by atoms with Gasteiger partial charge in [0.25, 0.3) is 5.60 Å². The van der Waals surface area contributed by atoms with E-state index in [4.69, 9.17) is 18.9 Å². The summed E-state index contributed by atoms with van der Waals surface area (Å²) in [6.45, 7) is 0. The molecule has 7 rings (SSSR count). The summed E-state index contributed by atoms with van der Waals surface area (Å²) < 4.78 is 23.6. The van der Waals surface area contributed by atoms with E-state index in [1.165, 1.54) is 0 Å². The van der Waals surface area contributed by atoms with Gasteiger partial charge >= 0.3 is 5.79 Å². The number of hydrogen-bond acceptors (Lipinski definition) is 8. The van der Waals surface area contributed by atoms with Gasteiger partial charge in [-0.15, -0.1) is 0 Å². The van der Waals surface area contributed by atoms with Gasteiger partial charge < -0.3 is 24.1 Å². The highest BCUT2D eigenvalue weighted by molar-refractivity contribution is 6.22. The van der Waals surface area contributed by atoms with Crippen molar-refractivity contribution < 1.29 is 38.4 Å². The van der Waals surface area contributed by atoms with Crippen molar-refractivity contribution in [2.24, 2.45) is 0 Å². The Kier molecular flexibility index (Phi) is 2.18. The van der Waals surface area contributed by atoms with Crippen molar-refractivity contribution in [1.82, 2.24) is 0 Å². The minimum Gasteiger partial charge on any atom is -0.446 e. The van der Waals surface area contributed by atoms with Crippen LogP contribution in [-0.4, -0.2) is 45.5 Å². The van der Waals surface area contributed by atoms with Crippen molar-refractivity contribution in [3.05, 3.63) is 60.1 Å². The highest BCUT2D eigenvalue weighted by atomic mass is 16.8. The smallest absolute Gasteiger partial charge is 0.356 e. The summed E-state index contributed by atoms with van der Waals surface area (Å²) in [5.41, 5.74) is -6.74. The van der Waals surface area contributed by atoms with Gasteiger partial charge in [-0.25, -0.2) is 0 Å². The zero-order chi connectivity index (χ0) is 19.8. The van der Waals surface area contributed by atoms with E-state index < -0.39 is 34.2 Å². The molecule has 0 bridgehead atoms. The Morgan fingerprint density at radius 2 is 1.48 bits per heavy atom. The van der Waals surface area contributed by atoms with Gasteiger partial charge in [-0.2, -0.15) is 0 Å². The zero-order valence-electron chi connectivity index (χ0n) is 14.5. The van der Waals surface area contributed by atoms with Crippen molar-refractivity contribution in [1.29, 1.82) is 0 Å². The van der Waals surface area contributed by atoms with E-state index in [1.54, 1.807) is 24.3 Å². The molecule has 0 radical (unpaired) electrons. The minimum atomic E-state index is -2.44. The largest absolute Gasteiger partial charge is 0.446 e. The highest BCUT2D eigenvalue weighted by Crippen LogP contribution is 2.74. The molecule has 3 aliphatic heterocycles. The fraction of sp³-hybridized carbons (Fsp3) is 0.190. The van der Waals surface area contributed by atoms with Crippen LogP contribution in [0.3, 0.4) is 0 Å². The first-order valence-corrected chi connectivity index (χ1v) is 8.94. The lowest BCUT2D eigenvalue weighted by Crippen LogP contribution is -2.71. The molecule has 0 amide bonds. The summed E-state index contributed by atoms with van der Waals surface area (Å²) in [5, 5.41) is 12.6. The van der Waals surface area contributed by atoms with Gasteiger partial charge in [0, 0.05) is 0 Å². The lowest BCUT2D eigenvalue weighted by Gasteiger charge is -2.42. The molecule has 8 heteroatoms. The van der Waals surface area contributed by atoms with E-state index >= 15 is 0 Å². The number of carbonyl (C=O) groups is 3. The molecular weight excluding hydrogens is 380 g/mol. The van der Waals surface area contributed by atoms with Gasteiger partial charge in [-0.05, 0) is 29.7 Å².